The second kappa shape index (κ2) is 10.5. The molecule has 4 rings (SSSR count). The van der Waals surface area contributed by atoms with Crippen LogP contribution < -0.4 is 0 Å². The second-order valence-electron chi connectivity index (χ2n) is 9.09. The van der Waals surface area contributed by atoms with Gasteiger partial charge in [0.15, 0.2) is 29.1 Å². The van der Waals surface area contributed by atoms with E-state index in [2.05, 4.69) is 19.1 Å². The fourth-order valence-corrected chi connectivity index (χ4v) is 4.89. The highest BCUT2D eigenvalue weighted by Gasteiger charge is 2.22. The normalized spacial score (nSPS) is 19.1. The van der Waals surface area contributed by atoms with Gasteiger partial charge in [-0.15, -0.1) is 0 Å². The van der Waals surface area contributed by atoms with Crippen molar-refractivity contribution in [3.05, 3.63) is 94.8 Å². The van der Waals surface area contributed by atoms with Crippen LogP contribution in [0.1, 0.15) is 68.1 Å². The van der Waals surface area contributed by atoms with E-state index >= 15 is 0 Å². The molecule has 3 aromatic rings. The molecule has 0 heterocycles. The van der Waals surface area contributed by atoms with Crippen molar-refractivity contribution in [1.82, 2.24) is 0 Å². The molecule has 0 bridgehead atoms. The molecule has 0 amide bonds. The highest BCUT2D eigenvalue weighted by atomic mass is 19.2. The summed E-state index contributed by atoms with van der Waals surface area (Å²) < 4.78 is 68.9. The lowest BCUT2D eigenvalue weighted by Crippen LogP contribution is -2.13. The number of benzene rings is 3. The fraction of sp³-hybridized carbons (Fsp3) is 0.310. The molecule has 1 saturated carbocycles. The van der Waals surface area contributed by atoms with Gasteiger partial charge in [-0.3, -0.25) is 0 Å². The van der Waals surface area contributed by atoms with Gasteiger partial charge in [0.1, 0.15) is 0 Å². The molecule has 0 spiro atoms. The Morgan fingerprint density at radius 2 is 1.21 bits per heavy atom. The van der Waals surface area contributed by atoms with Gasteiger partial charge in [-0.05, 0) is 66.3 Å². The van der Waals surface area contributed by atoms with Crippen LogP contribution >= 0.6 is 0 Å². The third-order valence-corrected chi connectivity index (χ3v) is 6.83. The van der Waals surface area contributed by atoms with Crippen LogP contribution in [0.2, 0.25) is 0 Å². The Morgan fingerprint density at radius 3 is 1.74 bits per heavy atom. The maximum atomic E-state index is 14.6. The standard InChI is InChI=1S/C29H27F5/c1-2-3-18-4-6-19(7-5-18)20-8-10-21(11-9-20)22-12-14-23(15-13-22)27(32)28(33)24-16-25(30)29(34)26(31)17-24/h8-19H,2-7H2,1H3/b28-27+. The lowest BCUT2D eigenvalue weighted by atomic mass is 9.77. The van der Waals surface area contributed by atoms with E-state index in [1.54, 1.807) is 12.1 Å². The molecule has 1 aliphatic carbocycles. The van der Waals surface area contributed by atoms with Gasteiger partial charge in [-0.2, -0.15) is 0 Å². The summed E-state index contributed by atoms with van der Waals surface area (Å²) in [6.45, 7) is 2.24. The van der Waals surface area contributed by atoms with Gasteiger partial charge in [0.25, 0.3) is 0 Å². The second-order valence-corrected chi connectivity index (χ2v) is 9.09. The van der Waals surface area contributed by atoms with Gasteiger partial charge in [0.2, 0.25) is 0 Å². The van der Waals surface area contributed by atoms with Crippen LogP contribution in [-0.4, -0.2) is 0 Å². The first kappa shape index (κ1) is 24.2. The quantitative estimate of drug-likeness (QED) is 0.191. The SMILES string of the molecule is CCCC1CCC(c2ccc(-c3ccc(/C(F)=C(\F)c4cc(F)c(F)c(F)c4)cc3)cc2)CC1. The lowest BCUT2D eigenvalue weighted by Gasteiger charge is -2.28. The molecule has 0 atom stereocenters. The molecule has 0 aliphatic heterocycles. The van der Waals surface area contributed by atoms with Crippen LogP contribution in [0, 0.1) is 23.4 Å². The molecular formula is C29H27F5. The first-order chi connectivity index (χ1) is 16.4. The zero-order chi connectivity index (χ0) is 24.2. The van der Waals surface area contributed by atoms with Crippen LogP contribution in [0.3, 0.4) is 0 Å². The predicted octanol–water partition coefficient (Wildman–Crippen LogP) is 9.61. The van der Waals surface area contributed by atoms with Crippen molar-refractivity contribution in [2.24, 2.45) is 5.92 Å². The fourth-order valence-electron chi connectivity index (χ4n) is 4.89. The molecule has 0 unspecified atom stereocenters. The average Bonchev–Trinajstić information content (AvgIpc) is 2.87. The Kier molecular flexibility index (Phi) is 7.50. The molecule has 0 saturated heterocycles. The van der Waals surface area contributed by atoms with Crippen molar-refractivity contribution in [2.45, 2.75) is 51.4 Å². The molecule has 1 fully saturated rings. The predicted molar refractivity (Wildman–Crippen MR) is 127 cm³/mol. The topological polar surface area (TPSA) is 0 Å². The van der Waals surface area contributed by atoms with Crippen LogP contribution in [-0.2, 0) is 0 Å². The van der Waals surface area contributed by atoms with E-state index in [-0.39, 0.29) is 5.56 Å². The monoisotopic (exact) mass is 470 g/mol. The molecule has 3 aromatic carbocycles. The van der Waals surface area contributed by atoms with Crippen molar-refractivity contribution in [1.29, 1.82) is 0 Å². The zero-order valence-electron chi connectivity index (χ0n) is 19.1. The van der Waals surface area contributed by atoms with Crippen LogP contribution in [0.5, 0.6) is 0 Å². The summed E-state index contributed by atoms with van der Waals surface area (Å²) in [5.41, 5.74) is 2.37. The summed E-state index contributed by atoms with van der Waals surface area (Å²) in [7, 11) is 0. The number of halogens is 5. The van der Waals surface area contributed by atoms with E-state index in [1.165, 1.54) is 56.2 Å². The number of rotatable bonds is 6. The van der Waals surface area contributed by atoms with E-state index in [1.807, 2.05) is 12.1 Å². The highest BCUT2D eigenvalue weighted by molar-refractivity contribution is 5.83. The van der Waals surface area contributed by atoms with Gasteiger partial charge in [0.05, 0.1) is 0 Å². The van der Waals surface area contributed by atoms with E-state index in [0.29, 0.717) is 18.1 Å². The van der Waals surface area contributed by atoms with Crippen LogP contribution in [0.4, 0.5) is 22.0 Å². The zero-order valence-corrected chi connectivity index (χ0v) is 19.1. The van der Waals surface area contributed by atoms with Gasteiger partial charge in [0, 0.05) is 11.1 Å². The first-order valence-corrected chi connectivity index (χ1v) is 11.8. The Bertz CT molecular complexity index is 1130. The Balaban J connectivity index is 1.48. The van der Waals surface area contributed by atoms with Gasteiger partial charge in [-0.25, -0.2) is 22.0 Å². The summed E-state index contributed by atoms with van der Waals surface area (Å²) >= 11 is 0. The Labute approximate surface area is 197 Å². The van der Waals surface area contributed by atoms with Crippen molar-refractivity contribution < 1.29 is 22.0 Å². The summed E-state index contributed by atoms with van der Waals surface area (Å²) in [6, 6.07) is 15.4. The summed E-state index contributed by atoms with van der Waals surface area (Å²) in [4.78, 5) is 0. The molecule has 178 valence electrons. The van der Waals surface area contributed by atoms with Crippen molar-refractivity contribution in [3.63, 3.8) is 0 Å². The van der Waals surface area contributed by atoms with E-state index < -0.39 is 34.7 Å². The Morgan fingerprint density at radius 1 is 0.706 bits per heavy atom. The first-order valence-electron chi connectivity index (χ1n) is 11.8. The average molecular weight is 471 g/mol. The third kappa shape index (κ3) is 5.24. The minimum absolute atomic E-state index is 0.0770. The summed E-state index contributed by atoms with van der Waals surface area (Å²) in [5, 5.41) is 0. The molecule has 0 N–H and O–H groups in total. The lowest BCUT2D eigenvalue weighted by molar-refractivity contribution is 0.308. The molecular weight excluding hydrogens is 443 g/mol. The molecule has 0 nitrogen and oxygen atoms in total. The molecule has 5 heteroatoms. The van der Waals surface area contributed by atoms with E-state index in [4.69, 9.17) is 0 Å². The Hall–Kier alpha value is -2.95. The minimum Gasteiger partial charge on any atom is -0.204 e. The minimum atomic E-state index is -1.73. The van der Waals surface area contributed by atoms with Crippen LogP contribution in [0.15, 0.2) is 60.7 Å². The van der Waals surface area contributed by atoms with Gasteiger partial charge in [-0.1, -0.05) is 68.3 Å². The maximum Gasteiger partial charge on any atom is 0.194 e. The maximum absolute atomic E-state index is 14.6. The van der Waals surface area contributed by atoms with Crippen molar-refractivity contribution >= 4 is 11.7 Å². The molecule has 34 heavy (non-hydrogen) atoms. The summed E-state index contributed by atoms with van der Waals surface area (Å²) in [6.07, 6.45) is 7.58. The smallest absolute Gasteiger partial charge is 0.194 e. The highest BCUT2D eigenvalue weighted by Crippen LogP contribution is 2.38. The van der Waals surface area contributed by atoms with Crippen molar-refractivity contribution in [2.75, 3.05) is 0 Å². The van der Waals surface area contributed by atoms with E-state index in [9.17, 15) is 22.0 Å². The van der Waals surface area contributed by atoms with Crippen LogP contribution in [0.25, 0.3) is 22.8 Å². The number of hydrogen-bond acceptors (Lipinski definition) is 0. The third-order valence-electron chi connectivity index (χ3n) is 6.83. The van der Waals surface area contributed by atoms with Gasteiger partial charge >= 0.3 is 0 Å². The summed E-state index contributed by atoms with van der Waals surface area (Å²) in [5.74, 6) is -6.16. The van der Waals surface area contributed by atoms with Gasteiger partial charge < -0.3 is 0 Å². The largest absolute Gasteiger partial charge is 0.204 e. The molecule has 0 radical (unpaired) electrons. The van der Waals surface area contributed by atoms with E-state index in [0.717, 1.165) is 17.0 Å². The number of hydrogen-bond donors (Lipinski definition) is 0. The molecule has 0 aromatic heterocycles. The molecule has 1 aliphatic rings. The van der Waals surface area contributed by atoms with Crippen molar-refractivity contribution in [3.8, 4) is 11.1 Å².